The van der Waals surface area contributed by atoms with Crippen molar-refractivity contribution in [2.24, 2.45) is 5.73 Å². The molecule has 1 aromatic carbocycles. The number of fused-ring (bicyclic) bond motifs is 2. The average molecular weight is 424 g/mol. The number of carbonyl (C=O) groups excluding carboxylic acids is 2. The van der Waals surface area contributed by atoms with Gasteiger partial charge in [0.05, 0.1) is 5.92 Å². The lowest BCUT2D eigenvalue weighted by Crippen LogP contribution is -2.52. The smallest absolute Gasteiger partial charge is 0.316 e. The molecule has 1 aromatic heterocycles. The summed E-state index contributed by atoms with van der Waals surface area (Å²) < 4.78 is 8.21. The molecular formula is C14H13Cl3N4O5. The molecule has 3 rings (SSSR count). The van der Waals surface area contributed by atoms with Gasteiger partial charge in [-0.15, -0.1) is 0 Å². The second kappa shape index (κ2) is 6.12. The summed E-state index contributed by atoms with van der Waals surface area (Å²) in [6.45, 7) is 3.08. The molecule has 0 radical (unpaired) electrons. The number of ketones is 1. The predicted octanol–water partition coefficient (Wildman–Crippen LogP) is 2.27. The highest BCUT2D eigenvalue weighted by molar-refractivity contribution is 6.76. The van der Waals surface area contributed by atoms with Crippen molar-refractivity contribution >= 4 is 63.3 Å². The van der Waals surface area contributed by atoms with E-state index in [1.54, 1.807) is 13.8 Å². The van der Waals surface area contributed by atoms with Crippen LogP contribution in [0.1, 0.15) is 25.3 Å². The van der Waals surface area contributed by atoms with Gasteiger partial charge < -0.3 is 20.9 Å². The molecule has 2 amide bonds. The first-order valence-corrected chi connectivity index (χ1v) is 8.40. The third-order valence-electron chi connectivity index (χ3n) is 4.07. The summed E-state index contributed by atoms with van der Waals surface area (Å²) in [5, 5.41) is 20.4. The highest BCUT2D eigenvalue weighted by Gasteiger charge is 2.52. The molecule has 0 bridgehead atoms. The zero-order valence-corrected chi connectivity index (χ0v) is 15.7. The van der Waals surface area contributed by atoms with Crippen molar-refractivity contribution in [3.05, 3.63) is 11.6 Å². The fourth-order valence-electron chi connectivity index (χ4n) is 2.86. The molecule has 1 aliphatic rings. The highest BCUT2D eigenvalue weighted by atomic mass is 35.6. The van der Waals surface area contributed by atoms with Crippen LogP contribution in [0, 0.1) is 0 Å². The largest absolute Gasteiger partial charge is 0.483 e. The predicted molar refractivity (Wildman–Crippen MR) is 93.8 cm³/mol. The van der Waals surface area contributed by atoms with Crippen LogP contribution in [0.4, 0.5) is 10.5 Å². The number of ether oxygens (including phenoxy) is 1. The monoisotopic (exact) mass is 422 g/mol. The summed E-state index contributed by atoms with van der Waals surface area (Å²) in [5.41, 5.74) is 4.47. The second-order valence-corrected chi connectivity index (χ2v) is 8.56. The van der Waals surface area contributed by atoms with Crippen LogP contribution in [0.15, 0.2) is 10.7 Å². The summed E-state index contributed by atoms with van der Waals surface area (Å²) >= 11 is 17.3. The number of aliphatic hydroxyl groups excluding tert-OH is 1. The van der Waals surface area contributed by atoms with Gasteiger partial charge in [-0.1, -0.05) is 34.8 Å². The summed E-state index contributed by atoms with van der Waals surface area (Å²) in [7, 11) is 0. The number of carbonyl (C=O) groups is 2. The number of nitrogens with two attached hydrogens (primary N) is 1. The Morgan fingerprint density at radius 1 is 1.35 bits per heavy atom. The number of nitrogens with one attached hydrogen (secondary N) is 1. The number of halogens is 3. The molecule has 0 saturated heterocycles. The molecule has 0 spiro atoms. The van der Waals surface area contributed by atoms with E-state index in [-0.39, 0.29) is 28.0 Å². The number of amides is 2. The molecule has 26 heavy (non-hydrogen) atoms. The van der Waals surface area contributed by atoms with Gasteiger partial charge >= 0.3 is 6.03 Å². The van der Waals surface area contributed by atoms with Crippen LogP contribution >= 0.6 is 34.8 Å². The fourth-order valence-corrected chi connectivity index (χ4v) is 3.22. The molecular weight excluding hydrogens is 411 g/mol. The first-order chi connectivity index (χ1) is 11.9. The Kier molecular flexibility index (Phi) is 4.47. The number of aromatic nitrogens is 2. The molecule has 2 unspecified atom stereocenters. The number of nitrogens with zero attached hydrogens (tertiary/aromatic N) is 2. The summed E-state index contributed by atoms with van der Waals surface area (Å²) in [4.78, 5) is 24.1. The summed E-state index contributed by atoms with van der Waals surface area (Å²) in [6.07, 6.45) is -1.35. The van der Waals surface area contributed by atoms with E-state index in [1.165, 1.54) is 6.07 Å². The lowest BCUT2D eigenvalue weighted by molar-refractivity contribution is -0.129. The third-order valence-corrected chi connectivity index (χ3v) is 4.63. The molecule has 12 heteroatoms. The molecule has 1 aliphatic heterocycles. The SMILES string of the molecule is CC1(C)Oc2c(cc3nonc3c2NC(N)=O)C(C(=O)C(Cl)(Cl)Cl)C1O. The third kappa shape index (κ3) is 3.05. The Bertz CT molecular complexity index is 908. The van der Waals surface area contributed by atoms with E-state index in [9.17, 15) is 14.7 Å². The van der Waals surface area contributed by atoms with Crippen molar-refractivity contribution in [2.45, 2.75) is 35.3 Å². The van der Waals surface area contributed by atoms with E-state index >= 15 is 0 Å². The van der Waals surface area contributed by atoms with Gasteiger partial charge in [0.25, 0.3) is 0 Å². The zero-order chi connectivity index (χ0) is 19.4. The van der Waals surface area contributed by atoms with E-state index in [0.29, 0.717) is 0 Å². The van der Waals surface area contributed by atoms with Crippen LogP contribution in [0.5, 0.6) is 5.75 Å². The normalized spacial score (nSPS) is 21.8. The van der Waals surface area contributed by atoms with E-state index in [4.69, 9.17) is 45.3 Å². The van der Waals surface area contributed by atoms with Crippen LogP contribution in [-0.4, -0.2) is 42.7 Å². The number of hydrogen-bond acceptors (Lipinski definition) is 7. The van der Waals surface area contributed by atoms with Gasteiger partial charge in [0.15, 0.2) is 11.3 Å². The summed E-state index contributed by atoms with van der Waals surface area (Å²) in [5.74, 6) is -2.08. The van der Waals surface area contributed by atoms with Crippen LogP contribution in [0.2, 0.25) is 0 Å². The highest BCUT2D eigenvalue weighted by Crippen LogP contribution is 2.50. The molecule has 0 fully saturated rings. The Morgan fingerprint density at radius 2 is 2.00 bits per heavy atom. The first kappa shape index (κ1) is 19.0. The maximum atomic E-state index is 12.7. The van der Waals surface area contributed by atoms with Gasteiger partial charge in [0, 0.05) is 5.56 Å². The standard InChI is InChI=1S/C14H13Cl3N4O5/c1-13(2)10(22)6(11(23)14(15,16)17)4-3-5-7(21-26-20-5)8(9(4)25-13)19-12(18)24/h3,6,10,22H,1-2H3,(H3,18,19,24). The van der Waals surface area contributed by atoms with E-state index < -0.39 is 33.2 Å². The van der Waals surface area contributed by atoms with Gasteiger partial charge in [0.2, 0.25) is 3.79 Å². The minimum absolute atomic E-state index is 0.0355. The lowest BCUT2D eigenvalue weighted by atomic mass is 9.78. The lowest BCUT2D eigenvalue weighted by Gasteiger charge is -2.42. The number of hydrogen-bond donors (Lipinski definition) is 3. The van der Waals surface area contributed by atoms with Crippen LogP contribution in [0.25, 0.3) is 11.0 Å². The Morgan fingerprint density at radius 3 is 2.58 bits per heavy atom. The quantitative estimate of drug-likeness (QED) is 0.629. The van der Waals surface area contributed by atoms with E-state index in [0.717, 1.165) is 0 Å². The molecule has 0 saturated carbocycles. The molecule has 9 nitrogen and oxygen atoms in total. The second-order valence-electron chi connectivity index (χ2n) is 6.28. The number of benzene rings is 1. The Labute approximate surface area is 161 Å². The van der Waals surface area contributed by atoms with E-state index in [2.05, 4.69) is 20.3 Å². The number of alkyl halides is 3. The van der Waals surface area contributed by atoms with Crippen molar-refractivity contribution in [1.29, 1.82) is 0 Å². The van der Waals surface area contributed by atoms with Crippen LogP contribution in [-0.2, 0) is 4.79 Å². The van der Waals surface area contributed by atoms with Crippen LogP contribution in [0.3, 0.4) is 0 Å². The van der Waals surface area contributed by atoms with Gasteiger partial charge in [0.1, 0.15) is 28.7 Å². The van der Waals surface area contributed by atoms with Crippen molar-refractivity contribution in [2.75, 3.05) is 5.32 Å². The molecule has 2 atom stereocenters. The number of rotatable bonds is 2. The molecule has 140 valence electrons. The number of anilines is 1. The number of primary amides is 1. The maximum absolute atomic E-state index is 12.7. The number of aliphatic hydroxyl groups is 1. The minimum atomic E-state index is -2.29. The minimum Gasteiger partial charge on any atom is -0.483 e. The summed E-state index contributed by atoms with van der Waals surface area (Å²) in [6, 6.07) is 0.504. The van der Waals surface area contributed by atoms with E-state index in [1.807, 2.05) is 0 Å². The topological polar surface area (TPSA) is 141 Å². The van der Waals surface area contributed by atoms with Gasteiger partial charge in [-0.2, -0.15) is 0 Å². The zero-order valence-electron chi connectivity index (χ0n) is 13.4. The molecule has 2 aromatic rings. The first-order valence-electron chi connectivity index (χ1n) is 7.27. The number of urea groups is 1. The average Bonchev–Trinajstić information content (AvgIpc) is 2.96. The van der Waals surface area contributed by atoms with Gasteiger partial charge in [-0.3, -0.25) is 4.79 Å². The Balaban J connectivity index is 2.32. The van der Waals surface area contributed by atoms with Gasteiger partial charge in [-0.25, -0.2) is 9.42 Å². The van der Waals surface area contributed by atoms with Crippen molar-refractivity contribution < 1.29 is 24.1 Å². The molecule has 2 heterocycles. The Hall–Kier alpha value is -1.81. The van der Waals surface area contributed by atoms with Crippen molar-refractivity contribution in [1.82, 2.24) is 10.3 Å². The number of Topliss-reactive ketones (excluding diaryl/α,β-unsaturated/α-hetero) is 1. The fraction of sp³-hybridized carbons (Fsp3) is 0.429. The van der Waals surface area contributed by atoms with Gasteiger partial charge in [-0.05, 0) is 30.2 Å². The van der Waals surface area contributed by atoms with Crippen molar-refractivity contribution in [3.8, 4) is 5.75 Å². The maximum Gasteiger partial charge on any atom is 0.316 e. The van der Waals surface area contributed by atoms with Crippen LogP contribution < -0.4 is 15.8 Å². The van der Waals surface area contributed by atoms with Crippen molar-refractivity contribution in [3.63, 3.8) is 0 Å². The molecule has 0 aliphatic carbocycles. The molecule has 4 N–H and O–H groups in total.